The molecule has 0 aliphatic rings. The molecule has 0 amide bonds. The lowest BCUT2D eigenvalue weighted by molar-refractivity contribution is 0.0946. The molecule has 0 unspecified atom stereocenters. The maximum Gasteiger partial charge on any atom is 0.0880 e. The fourth-order valence-corrected chi connectivity index (χ4v) is 0.460. The quantitative estimate of drug-likeness (QED) is 0.601. The van der Waals surface area contributed by atoms with Gasteiger partial charge in [-0.15, -0.1) is 0 Å². The van der Waals surface area contributed by atoms with Crippen molar-refractivity contribution in [2.24, 2.45) is 5.73 Å². The molecule has 0 saturated heterocycles. The summed E-state index contributed by atoms with van der Waals surface area (Å²) in [6.07, 6.45) is 1.77. The smallest absolute Gasteiger partial charge is 0.0880 e. The molecule has 0 aliphatic carbocycles. The van der Waals surface area contributed by atoms with Crippen molar-refractivity contribution in [1.82, 2.24) is 5.32 Å². The minimum atomic E-state index is 0.253. The molecule has 0 heterocycles. The Morgan fingerprint density at radius 3 is 2.60 bits per heavy atom. The lowest BCUT2D eigenvalue weighted by Gasteiger charge is -2.09. The van der Waals surface area contributed by atoms with Crippen LogP contribution in [0.5, 0.6) is 0 Å². The zero-order valence-electron chi connectivity index (χ0n) is 6.85. The van der Waals surface area contributed by atoms with Gasteiger partial charge in [0.25, 0.3) is 0 Å². The summed E-state index contributed by atoms with van der Waals surface area (Å²) in [6, 6.07) is 0. The van der Waals surface area contributed by atoms with Gasteiger partial charge in [-0.1, -0.05) is 0 Å². The van der Waals surface area contributed by atoms with Gasteiger partial charge in [0.05, 0.1) is 18.4 Å². The highest BCUT2D eigenvalue weighted by Gasteiger charge is 1.95. The van der Waals surface area contributed by atoms with Crippen LogP contribution in [-0.2, 0) is 4.74 Å². The van der Waals surface area contributed by atoms with Gasteiger partial charge in [-0.3, -0.25) is 0 Å². The molecule has 0 aromatic rings. The minimum Gasteiger partial charge on any atom is -0.403 e. The van der Waals surface area contributed by atoms with Crippen molar-refractivity contribution < 1.29 is 4.74 Å². The first-order valence-electron chi connectivity index (χ1n) is 3.40. The number of hydrogen-bond donors (Lipinski definition) is 2. The van der Waals surface area contributed by atoms with Crippen LogP contribution < -0.4 is 11.1 Å². The molecule has 0 atom stereocenters. The van der Waals surface area contributed by atoms with E-state index in [1.165, 1.54) is 6.20 Å². The monoisotopic (exact) mass is 144 g/mol. The summed E-state index contributed by atoms with van der Waals surface area (Å²) in [4.78, 5) is 0. The second-order valence-corrected chi connectivity index (χ2v) is 2.30. The van der Waals surface area contributed by atoms with Gasteiger partial charge >= 0.3 is 0 Å². The predicted octanol–water partition coefficient (Wildman–Crippen LogP) is 0.431. The van der Waals surface area contributed by atoms with E-state index in [0.717, 1.165) is 5.70 Å². The van der Waals surface area contributed by atoms with Crippen LogP contribution in [0.3, 0.4) is 0 Å². The molecule has 0 aromatic heterocycles. The van der Waals surface area contributed by atoms with Gasteiger partial charge in [-0.25, -0.2) is 0 Å². The molecule has 0 aliphatic heterocycles. The molecule has 0 spiro atoms. The van der Waals surface area contributed by atoms with E-state index in [2.05, 4.69) is 5.32 Å². The molecule has 0 fully saturated rings. The van der Waals surface area contributed by atoms with E-state index in [9.17, 15) is 0 Å². The maximum absolute atomic E-state index is 5.27. The Balaban J connectivity index is 3.46. The third-order valence-corrected chi connectivity index (χ3v) is 1.09. The number of likely N-dealkylation sites (N-methyl/N-ethyl adjacent to an activating group) is 1. The van der Waals surface area contributed by atoms with Gasteiger partial charge in [0, 0.05) is 13.2 Å². The molecule has 3 N–H and O–H groups in total. The van der Waals surface area contributed by atoms with E-state index in [1.807, 2.05) is 20.9 Å². The summed E-state index contributed by atoms with van der Waals surface area (Å²) in [5.41, 5.74) is 6.18. The molecule has 0 saturated carbocycles. The normalized spacial score (nSPS) is 12.2. The first kappa shape index (κ1) is 9.30. The minimum absolute atomic E-state index is 0.253. The summed E-state index contributed by atoms with van der Waals surface area (Å²) < 4.78 is 5.27. The van der Waals surface area contributed by atoms with Crippen LogP contribution in [0.2, 0.25) is 0 Å². The molecule has 60 valence electrons. The average Bonchev–Trinajstić information content (AvgIpc) is 1.90. The fraction of sp³-hybridized carbons (Fsp3) is 0.714. The largest absolute Gasteiger partial charge is 0.403 e. The zero-order valence-corrected chi connectivity index (χ0v) is 6.85. The lowest BCUT2D eigenvalue weighted by atomic mass is 10.4. The van der Waals surface area contributed by atoms with Gasteiger partial charge in [0.15, 0.2) is 0 Å². The standard InChI is InChI=1S/C7H16N2O/c1-6(2)10-5-7(4-8)9-3/h4,6,9H,5,8H2,1-3H3/b7-4-. The van der Waals surface area contributed by atoms with Gasteiger partial charge in [-0.05, 0) is 13.8 Å². The number of ether oxygens (including phenoxy) is 1. The highest BCUT2D eigenvalue weighted by molar-refractivity contribution is 4.95. The fourth-order valence-electron chi connectivity index (χ4n) is 0.460. The van der Waals surface area contributed by atoms with E-state index in [1.54, 1.807) is 0 Å². The van der Waals surface area contributed by atoms with Crippen LogP contribution in [0.1, 0.15) is 13.8 Å². The molecule has 0 aromatic carbocycles. The van der Waals surface area contributed by atoms with E-state index in [4.69, 9.17) is 10.5 Å². The van der Waals surface area contributed by atoms with Gasteiger partial charge in [0.2, 0.25) is 0 Å². The number of hydrogen-bond acceptors (Lipinski definition) is 3. The SMILES string of the molecule is CN/C(=C\N)COC(C)C. The van der Waals surface area contributed by atoms with Crippen molar-refractivity contribution in [3.63, 3.8) is 0 Å². The zero-order chi connectivity index (χ0) is 7.98. The Kier molecular flexibility index (Phi) is 4.76. The highest BCUT2D eigenvalue weighted by Crippen LogP contribution is 1.91. The first-order chi connectivity index (χ1) is 4.70. The van der Waals surface area contributed by atoms with Crippen LogP contribution in [-0.4, -0.2) is 19.8 Å². The molecular weight excluding hydrogens is 128 g/mol. The highest BCUT2D eigenvalue weighted by atomic mass is 16.5. The Morgan fingerprint density at radius 1 is 1.70 bits per heavy atom. The van der Waals surface area contributed by atoms with Crippen molar-refractivity contribution in [3.8, 4) is 0 Å². The molecule has 3 nitrogen and oxygen atoms in total. The van der Waals surface area contributed by atoms with Crippen LogP contribution >= 0.6 is 0 Å². The van der Waals surface area contributed by atoms with Crippen molar-refractivity contribution >= 4 is 0 Å². The summed E-state index contributed by atoms with van der Waals surface area (Å²) in [5.74, 6) is 0. The van der Waals surface area contributed by atoms with Crippen molar-refractivity contribution in [2.75, 3.05) is 13.7 Å². The Bertz CT molecular complexity index is 110. The third kappa shape index (κ3) is 4.21. The predicted molar refractivity (Wildman–Crippen MR) is 42.4 cm³/mol. The molecule has 10 heavy (non-hydrogen) atoms. The lowest BCUT2D eigenvalue weighted by Crippen LogP contribution is -2.16. The molecule has 0 bridgehead atoms. The summed E-state index contributed by atoms with van der Waals surface area (Å²) in [6.45, 7) is 4.54. The summed E-state index contributed by atoms with van der Waals surface area (Å²) >= 11 is 0. The van der Waals surface area contributed by atoms with E-state index in [-0.39, 0.29) is 6.10 Å². The third-order valence-electron chi connectivity index (χ3n) is 1.09. The molecular formula is C7H16N2O. The van der Waals surface area contributed by atoms with Gasteiger partial charge < -0.3 is 15.8 Å². The number of rotatable bonds is 4. The van der Waals surface area contributed by atoms with E-state index < -0.39 is 0 Å². The Morgan fingerprint density at radius 2 is 2.30 bits per heavy atom. The van der Waals surface area contributed by atoms with Crippen molar-refractivity contribution in [2.45, 2.75) is 20.0 Å². The first-order valence-corrected chi connectivity index (χ1v) is 3.40. The Labute approximate surface area is 62.2 Å². The van der Waals surface area contributed by atoms with Crippen LogP contribution in [0, 0.1) is 0 Å². The second-order valence-electron chi connectivity index (χ2n) is 2.30. The van der Waals surface area contributed by atoms with E-state index in [0.29, 0.717) is 6.61 Å². The topological polar surface area (TPSA) is 47.3 Å². The van der Waals surface area contributed by atoms with Crippen LogP contribution in [0.4, 0.5) is 0 Å². The van der Waals surface area contributed by atoms with Crippen LogP contribution in [0.15, 0.2) is 11.9 Å². The molecule has 0 radical (unpaired) electrons. The van der Waals surface area contributed by atoms with Gasteiger partial charge in [-0.2, -0.15) is 0 Å². The Hall–Kier alpha value is -0.700. The average molecular weight is 144 g/mol. The van der Waals surface area contributed by atoms with Gasteiger partial charge in [0.1, 0.15) is 0 Å². The number of nitrogens with two attached hydrogens (primary N) is 1. The van der Waals surface area contributed by atoms with E-state index >= 15 is 0 Å². The summed E-state index contributed by atoms with van der Waals surface area (Å²) in [7, 11) is 1.82. The van der Waals surface area contributed by atoms with Crippen molar-refractivity contribution in [1.29, 1.82) is 0 Å². The maximum atomic E-state index is 5.27. The molecule has 3 heteroatoms. The molecule has 0 rings (SSSR count). The van der Waals surface area contributed by atoms with Crippen molar-refractivity contribution in [3.05, 3.63) is 11.9 Å². The second kappa shape index (κ2) is 5.11. The summed E-state index contributed by atoms with van der Waals surface area (Å²) in [5, 5.41) is 2.92. The number of nitrogens with one attached hydrogen (secondary N) is 1. The van der Waals surface area contributed by atoms with Crippen LogP contribution in [0.25, 0.3) is 0 Å².